The number of hydrogen-bond donors (Lipinski definition) is 1. The zero-order valence-corrected chi connectivity index (χ0v) is 10.6. The molecule has 1 aromatic rings. The molecule has 1 fully saturated rings. The maximum atomic E-state index is 5.87. The van der Waals surface area contributed by atoms with E-state index in [4.69, 9.17) is 10.5 Å². The molecule has 1 unspecified atom stereocenters. The molecular formula is C10H20N6O. The number of nitrogens with zero attached hydrogens (tertiary/aromatic N) is 5. The van der Waals surface area contributed by atoms with Crippen LogP contribution in [0.25, 0.3) is 0 Å². The number of ether oxygens (including phenoxy) is 1. The summed E-state index contributed by atoms with van der Waals surface area (Å²) in [6.07, 6.45) is 0.0791. The van der Waals surface area contributed by atoms with Crippen LogP contribution in [0.5, 0.6) is 0 Å². The average Bonchev–Trinajstić information content (AvgIpc) is 2.61. The zero-order valence-electron chi connectivity index (χ0n) is 10.6. The lowest BCUT2D eigenvalue weighted by molar-refractivity contribution is -0.134. The Bertz CT molecular complexity index is 377. The molecule has 0 saturated carbocycles. The summed E-state index contributed by atoms with van der Waals surface area (Å²) in [7, 11) is 1.77. The number of nitrogens with two attached hydrogens (primary N) is 1. The van der Waals surface area contributed by atoms with Crippen LogP contribution in [0, 0.1) is 0 Å². The van der Waals surface area contributed by atoms with E-state index in [1.165, 1.54) is 4.80 Å². The summed E-state index contributed by atoms with van der Waals surface area (Å²) in [4.78, 5) is 3.74. The highest BCUT2D eigenvalue weighted by atomic mass is 16.5. The Balaban J connectivity index is 2.00. The van der Waals surface area contributed by atoms with E-state index >= 15 is 0 Å². The summed E-state index contributed by atoms with van der Waals surface area (Å²) in [5.74, 6) is 0.737. The molecule has 0 amide bonds. The van der Waals surface area contributed by atoms with Gasteiger partial charge in [-0.1, -0.05) is 0 Å². The number of rotatable bonds is 3. The molecule has 0 bridgehead atoms. The predicted molar refractivity (Wildman–Crippen MR) is 62.1 cm³/mol. The molecule has 7 heteroatoms. The molecule has 0 aliphatic carbocycles. The number of aryl methyl sites for hydroxylation is 1. The number of hydrogen-bond acceptors (Lipinski definition) is 6. The van der Waals surface area contributed by atoms with Gasteiger partial charge in [0, 0.05) is 19.6 Å². The first-order valence-electron chi connectivity index (χ1n) is 5.81. The first-order valence-corrected chi connectivity index (χ1v) is 5.81. The lowest BCUT2D eigenvalue weighted by Gasteiger charge is -2.42. The van der Waals surface area contributed by atoms with Crippen molar-refractivity contribution in [1.29, 1.82) is 0 Å². The fourth-order valence-electron chi connectivity index (χ4n) is 2.25. The van der Waals surface area contributed by atoms with Crippen molar-refractivity contribution in [3.05, 3.63) is 5.82 Å². The Kier molecular flexibility index (Phi) is 3.41. The Labute approximate surface area is 101 Å². The fraction of sp³-hybridized carbons (Fsp3) is 0.900. The van der Waals surface area contributed by atoms with E-state index in [9.17, 15) is 0 Å². The van der Waals surface area contributed by atoms with E-state index in [1.54, 1.807) is 7.05 Å². The third-order valence-corrected chi connectivity index (χ3v) is 2.73. The van der Waals surface area contributed by atoms with Crippen LogP contribution < -0.4 is 5.73 Å². The van der Waals surface area contributed by atoms with Crippen LogP contribution in [0.2, 0.25) is 0 Å². The molecule has 2 rings (SSSR count). The molecule has 0 radical (unpaired) electrons. The maximum Gasteiger partial charge on any atom is 0.188 e. The smallest absolute Gasteiger partial charge is 0.188 e. The van der Waals surface area contributed by atoms with E-state index in [0.717, 1.165) is 18.9 Å². The van der Waals surface area contributed by atoms with E-state index in [2.05, 4.69) is 34.2 Å². The molecule has 0 spiro atoms. The highest BCUT2D eigenvalue weighted by Crippen LogP contribution is 2.21. The second-order valence-electron chi connectivity index (χ2n) is 5.10. The zero-order chi connectivity index (χ0) is 12.5. The molecular weight excluding hydrogens is 220 g/mol. The molecule has 2 heterocycles. The highest BCUT2D eigenvalue weighted by molar-refractivity contribution is 4.87. The van der Waals surface area contributed by atoms with Crippen molar-refractivity contribution in [2.45, 2.75) is 32.1 Å². The van der Waals surface area contributed by atoms with Gasteiger partial charge in [0.25, 0.3) is 0 Å². The standard InChI is InChI=1S/C10H20N6O/c1-10(2)7-16(5-8(4-11)17-10)6-9-12-14-15(3)13-9/h8H,4-7,11H2,1-3H3. The molecule has 0 aromatic carbocycles. The first kappa shape index (κ1) is 12.4. The van der Waals surface area contributed by atoms with Crippen LogP contribution in [-0.2, 0) is 18.3 Å². The Morgan fingerprint density at radius 1 is 1.53 bits per heavy atom. The SMILES string of the molecule is Cn1nnc(CN2CC(CN)OC(C)(C)C2)n1. The minimum Gasteiger partial charge on any atom is -0.368 e. The highest BCUT2D eigenvalue weighted by Gasteiger charge is 2.33. The monoisotopic (exact) mass is 240 g/mol. The number of morpholine rings is 1. The number of tetrazole rings is 1. The van der Waals surface area contributed by atoms with Crippen LogP contribution in [0.4, 0.5) is 0 Å². The van der Waals surface area contributed by atoms with Gasteiger partial charge in [-0.05, 0) is 19.1 Å². The van der Waals surface area contributed by atoms with Gasteiger partial charge < -0.3 is 10.5 Å². The topological polar surface area (TPSA) is 82.1 Å². The van der Waals surface area contributed by atoms with E-state index < -0.39 is 0 Å². The minimum atomic E-state index is -0.176. The van der Waals surface area contributed by atoms with Crippen molar-refractivity contribution >= 4 is 0 Å². The van der Waals surface area contributed by atoms with Gasteiger partial charge >= 0.3 is 0 Å². The lowest BCUT2D eigenvalue weighted by Crippen LogP contribution is -2.54. The van der Waals surface area contributed by atoms with Gasteiger partial charge in [0.05, 0.1) is 25.3 Å². The van der Waals surface area contributed by atoms with Crippen molar-refractivity contribution in [3.63, 3.8) is 0 Å². The summed E-state index contributed by atoms with van der Waals surface area (Å²) < 4.78 is 5.87. The molecule has 1 aliphatic heterocycles. The van der Waals surface area contributed by atoms with Crippen molar-refractivity contribution in [3.8, 4) is 0 Å². The summed E-state index contributed by atoms with van der Waals surface area (Å²) in [5.41, 5.74) is 5.51. The second-order valence-corrected chi connectivity index (χ2v) is 5.10. The van der Waals surface area contributed by atoms with Gasteiger partial charge in [0.15, 0.2) is 5.82 Å². The molecule has 1 atom stereocenters. The Morgan fingerprint density at radius 2 is 2.29 bits per heavy atom. The average molecular weight is 240 g/mol. The Morgan fingerprint density at radius 3 is 2.88 bits per heavy atom. The van der Waals surface area contributed by atoms with Gasteiger partial charge in [-0.25, -0.2) is 0 Å². The third-order valence-electron chi connectivity index (χ3n) is 2.73. The first-order chi connectivity index (χ1) is 7.98. The molecule has 1 aliphatic rings. The van der Waals surface area contributed by atoms with E-state index in [-0.39, 0.29) is 11.7 Å². The summed E-state index contributed by atoms with van der Waals surface area (Å²) in [6.45, 7) is 7.04. The van der Waals surface area contributed by atoms with Crippen molar-refractivity contribution < 1.29 is 4.74 Å². The van der Waals surface area contributed by atoms with Crippen molar-refractivity contribution in [2.75, 3.05) is 19.6 Å². The fourth-order valence-corrected chi connectivity index (χ4v) is 2.25. The third kappa shape index (κ3) is 3.21. The molecule has 96 valence electrons. The van der Waals surface area contributed by atoms with Crippen molar-refractivity contribution in [1.82, 2.24) is 25.1 Å². The molecule has 1 aromatic heterocycles. The van der Waals surface area contributed by atoms with Gasteiger partial charge in [0.2, 0.25) is 0 Å². The predicted octanol–water partition coefficient (Wildman–Crippen LogP) is -0.852. The van der Waals surface area contributed by atoms with Gasteiger partial charge in [-0.3, -0.25) is 4.90 Å². The van der Waals surface area contributed by atoms with Gasteiger partial charge in [0.1, 0.15) is 0 Å². The Hall–Kier alpha value is -1.05. The van der Waals surface area contributed by atoms with Crippen LogP contribution in [0.1, 0.15) is 19.7 Å². The van der Waals surface area contributed by atoms with E-state index in [0.29, 0.717) is 13.1 Å². The van der Waals surface area contributed by atoms with Crippen LogP contribution >= 0.6 is 0 Å². The van der Waals surface area contributed by atoms with Gasteiger partial charge in [-0.15, -0.1) is 10.2 Å². The quantitative estimate of drug-likeness (QED) is 0.741. The van der Waals surface area contributed by atoms with Gasteiger partial charge in [-0.2, -0.15) is 4.80 Å². The summed E-state index contributed by atoms with van der Waals surface area (Å²) in [5, 5.41) is 12.0. The van der Waals surface area contributed by atoms with Crippen LogP contribution in [-0.4, -0.2) is 56.4 Å². The minimum absolute atomic E-state index is 0.0791. The van der Waals surface area contributed by atoms with E-state index in [1.807, 2.05) is 0 Å². The van der Waals surface area contributed by atoms with Crippen molar-refractivity contribution in [2.24, 2.45) is 12.8 Å². The second kappa shape index (κ2) is 4.67. The molecule has 17 heavy (non-hydrogen) atoms. The molecule has 1 saturated heterocycles. The normalized spacial score (nSPS) is 25.1. The lowest BCUT2D eigenvalue weighted by atomic mass is 10.1. The largest absolute Gasteiger partial charge is 0.368 e. The molecule has 7 nitrogen and oxygen atoms in total. The number of aromatic nitrogens is 4. The summed E-state index contributed by atoms with van der Waals surface area (Å²) >= 11 is 0. The molecule has 2 N–H and O–H groups in total. The van der Waals surface area contributed by atoms with Crippen LogP contribution in [0.3, 0.4) is 0 Å². The summed E-state index contributed by atoms with van der Waals surface area (Å²) in [6, 6.07) is 0. The maximum absolute atomic E-state index is 5.87. The van der Waals surface area contributed by atoms with Crippen LogP contribution in [0.15, 0.2) is 0 Å².